The summed E-state index contributed by atoms with van der Waals surface area (Å²) in [5.74, 6) is -0.543. The highest BCUT2D eigenvalue weighted by atomic mass is 16.5. The molecule has 0 aliphatic carbocycles. The van der Waals surface area contributed by atoms with Crippen LogP contribution in [-0.2, 0) is 22.6 Å². The molecule has 1 heterocycles. The van der Waals surface area contributed by atoms with Gasteiger partial charge in [0, 0.05) is 44.8 Å². The molecular weight excluding hydrogens is 580 g/mol. The average Bonchev–Trinajstić information content (AvgIpc) is 3.07. The van der Waals surface area contributed by atoms with Crippen LogP contribution < -0.4 is 15.0 Å². The summed E-state index contributed by atoms with van der Waals surface area (Å²) in [6.45, 7) is 3.94. The number of ether oxygens (including phenoxy) is 1. The summed E-state index contributed by atoms with van der Waals surface area (Å²) in [4.78, 5) is 44.1. The van der Waals surface area contributed by atoms with Crippen LogP contribution in [0.3, 0.4) is 0 Å². The monoisotopic (exact) mass is 620 g/mol. The van der Waals surface area contributed by atoms with Crippen LogP contribution >= 0.6 is 0 Å². The molecule has 4 aromatic carbocycles. The fraction of sp³-hybridized carbons (Fsp3) is 0.270. The number of piperazine rings is 1. The van der Waals surface area contributed by atoms with Crippen molar-refractivity contribution in [1.29, 1.82) is 0 Å². The number of carbonyl (C=O) groups excluding carboxylic acids is 2. The summed E-state index contributed by atoms with van der Waals surface area (Å²) >= 11 is 0. The highest BCUT2D eigenvalue weighted by molar-refractivity contribution is 5.97. The van der Waals surface area contributed by atoms with Crippen LogP contribution in [0.5, 0.6) is 5.75 Å². The number of amides is 2. The largest absolute Gasteiger partial charge is 0.497 e. The van der Waals surface area contributed by atoms with Crippen LogP contribution in [0.25, 0.3) is 11.1 Å². The maximum Gasteiger partial charge on any atom is 0.305 e. The standard InChI is InChI=1S/C37H40N4O5/c1-39-19-21-40(22-20-39)34-16-13-31(25-33(34)38-35(42)24-27-11-14-32(46-2)15-12-27)30-10-6-7-28(23-30)26-41(18-17-36(43)44)37(45)29-8-4-3-5-9-29/h3-16,23,25H,17-22,24,26H2,1-2H3,(H,38,42)(H,43,44). The van der Waals surface area contributed by atoms with Crippen LogP contribution in [0.2, 0.25) is 0 Å². The third kappa shape index (κ3) is 8.51. The molecule has 1 aliphatic heterocycles. The van der Waals surface area contributed by atoms with Gasteiger partial charge in [-0.25, -0.2) is 0 Å². The Bertz CT molecular complexity index is 1650. The topological polar surface area (TPSA) is 102 Å². The van der Waals surface area contributed by atoms with Gasteiger partial charge in [0.1, 0.15) is 5.75 Å². The number of anilines is 2. The first-order chi connectivity index (χ1) is 22.3. The third-order valence-electron chi connectivity index (χ3n) is 8.18. The number of rotatable bonds is 12. The zero-order valence-corrected chi connectivity index (χ0v) is 26.3. The molecule has 2 amide bonds. The Kier molecular flexibility index (Phi) is 10.7. The summed E-state index contributed by atoms with van der Waals surface area (Å²) in [5.41, 5.74) is 5.85. The van der Waals surface area contributed by atoms with E-state index in [0.29, 0.717) is 5.56 Å². The molecule has 9 heteroatoms. The van der Waals surface area contributed by atoms with Crippen molar-refractivity contribution in [3.8, 4) is 16.9 Å². The molecule has 0 unspecified atom stereocenters. The Balaban J connectivity index is 1.40. The number of methoxy groups -OCH3 is 1. The van der Waals surface area contributed by atoms with Gasteiger partial charge < -0.3 is 29.9 Å². The van der Waals surface area contributed by atoms with Crippen molar-refractivity contribution in [2.24, 2.45) is 0 Å². The first kappa shape index (κ1) is 32.2. The van der Waals surface area contributed by atoms with Gasteiger partial charge in [-0.1, -0.05) is 54.6 Å². The minimum Gasteiger partial charge on any atom is -0.497 e. The van der Waals surface area contributed by atoms with E-state index in [0.717, 1.165) is 65.6 Å². The van der Waals surface area contributed by atoms with E-state index in [9.17, 15) is 19.5 Å². The molecule has 0 atom stereocenters. The smallest absolute Gasteiger partial charge is 0.305 e. The average molecular weight is 621 g/mol. The minimum atomic E-state index is -0.957. The predicted molar refractivity (Wildman–Crippen MR) is 180 cm³/mol. The van der Waals surface area contributed by atoms with E-state index in [1.54, 1.807) is 36.3 Å². The van der Waals surface area contributed by atoms with Gasteiger partial charge in [-0.05, 0) is 71.8 Å². The quantitative estimate of drug-likeness (QED) is 0.218. The molecule has 1 saturated heterocycles. The maximum atomic E-state index is 13.3. The Hall–Kier alpha value is -5.15. The second-order valence-corrected chi connectivity index (χ2v) is 11.5. The Morgan fingerprint density at radius 3 is 2.24 bits per heavy atom. The van der Waals surface area contributed by atoms with Crippen molar-refractivity contribution >= 4 is 29.2 Å². The van der Waals surface area contributed by atoms with Gasteiger partial charge in [0.2, 0.25) is 5.91 Å². The molecule has 0 bridgehead atoms. The van der Waals surface area contributed by atoms with E-state index in [4.69, 9.17) is 4.74 Å². The molecule has 1 aliphatic rings. The molecular formula is C37H40N4O5. The van der Waals surface area contributed by atoms with Crippen molar-refractivity contribution in [1.82, 2.24) is 9.80 Å². The SMILES string of the molecule is COc1ccc(CC(=O)Nc2cc(-c3cccc(CN(CCC(=O)O)C(=O)c4ccccc4)c3)ccc2N2CCN(C)CC2)cc1. The van der Waals surface area contributed by atoms with Gasteiger partial charge >= 0.3 is 5.97 Å². The van der Waals surface area contributed by atoms with Crippen LogP contribution in [0.4, 0.5) is 11.4 Å². The summed E-state index contributed by atoms with van der Waals surface area (Å²) < 4.78 is 5.25. The summed E-state index contributed by atoms with van der Waals surface area (Å²) in [5, 5.41) is 12.5. The normalized spacial score (nSPS) is 13.2. The van der Waals surface area contributed by atoms with Crippen molar-refractivity contribution in [3.05, 3.63) is 114 Å². The second kappa shape index (κ2) is 15.2. The van der Waals surface area contributed by atoms with Gasteiger partial charge in [-0.2, -0.15) is 0 Å². The first-order valence-corrected chi connectivity index (χ1v) is 15.4. The molecule has 2 N–H and O–H groups in total. The lowest BCUT2D eigenvalue weighted by molar-refractivity contribution is -0.137. The zero-order valence-electron chi connectivity index (χ0n) is 26.3. The maximum absolute atomic E-state index is 13.3. The second-order valence-electron chi connectivity index (χ2n) is 11.5. The molecule has 4 aromatic rings. The number of hydrogen-bond acceptors (Lipinski definition) is 6. The number of likely N-dealkylation sites (N-methyl/N-ethyl adjacent to an activating group) is 1. The fourth-order valence-corrected chi connectivity index (χ4v) is 5.58. The van der Waals surface area contributed by atoms with E-state index in [2.05, 4.69) is 34.3 Å². The van der Waals surface area contributed by atoms with Crippen LogP contribution in [0.15, 0.2) is 97.1 Å². The number of nitrogens with one attached hydrogen (secondary N) is 1. The molecule has 0 spiro atoms. The van der Waals surface area contributed by atoms with E-state index >= 15 is 0 Å². The molecule has 9 nitrogen and oxygen atoms in total. The molecule has 0 radical (unpaired) electrons. The number of benzene rings is 4. The zero-order chi connectivity index (χ0) is 32.5. The first-order valence-electron chi connectivity index (χ1n) is 15.4. The summed E-state index contributed by atoms with van der Waals surface area (Å²) in [7, 11) is 3.73. The summed E-state index contributed by atoms with van der Waals surface area (Å²) in [6, 6.07) is 30.4. The highest BCUT2D eigenvalue weighted by Gasteiger charge is 2.20. The molecule has 238 valence electrons. The van der Waals surface area contributed by atoms with Crippen LogP contribution in [0.1, 0.15) is 27.9 Å². The van der Waals surface area contributed by atoms with Crippen molar-refractivity contribution in [3.63, 3.8) is 0 Å². The fourth-order valence-electron chi connectivity index (χ4n) is 5.58. The van der Waals surface area contributed by atoms with E-state index in [1.165, 1.54) is 0 Å². The lowest BCUT2D eigenvalue weighted by Gasteiger charge is -2.35. The lowest BCUT2D eigenvalue weighted by Crippen LogP contribution is -2.44. The Morgan fingerprint density at radius 2 is 1.54 bits per heavy atom. The molecule has 0 aromatic heterocycles. The number of aliphatic carboxylic acids is 1. The van der Waals surface area contributed by atoms with E-state index in [-0.39, 0.29) is 37.7 Å². The number of hydrogen-bond donors (Lipinski definition) is 2. The summed E-state index contributed by atoms with van der Waals surface area (Å²) in [6.07, 6.45) is 0.0824. The number of carboxylic acids is 1. The van der Waals surface area contributed by atoms with Gasteiger partial charge in [-0.15, -0.1) is 0 Å². The lowest BCUT2D eigenvalue weighted by atomic mass is 10.0. The van der Waals surface area contributed by atoms with Crippen molar-refractivity contribution < 1.29 is 24.2 Å². The van der Waals surface area contributed by atoms with Crippen molar-refractivity contribution in [2.75, 3.05) is 57.1 Å². The number of carbonyl (C=O) groups is 3. The van der Waals surface area contributed by atoms with Gasteiger partial charge in [0.15, 0.2) is 0 Å². The molecule has 1 fully saturated rings. The molecule has 0 saturated carbocycles. The van der Waals surface area contributed by atoms with Gasteiger partial charge in [0.25, 0.3) is 5.91 Å². The van der Waals surface area contributed by atoms with E-state index in [1.807, 2.05) is 60.7 Å². The highest BCUT2D eigenvalue weighted by Crippen LogP contribution is 2.33. The Labute approximate surface area is 270 Å². The predicted octanol–water partition coefficient (Wildman–Crippen LogP) is 5.41. The van der Waals surface area contributed by atoms with Crippen LogP contribution in [-0.4, -0.2) is 79.6 Å². The van der Waals surface area contributed by atoms with Crippen molar-refractivity contribution in [2.45, 2.75) is 19.4 Å². The van der Waals surface area contributed by atoms with Gasteiger partial charge in [0.05, 0.1) is 31.3 Å². The van der Waals surface area contributed by atoms with E-state index < -0.39 is 5.97 Å². The molecule has 46 heavy (non-hydrogen) atoms. The van der Waals surface area contributed by atoms with Gasteiger partial charge in [-0.3, -0.25) is 14.4 Å². The van der Waals surface area contributed by atoms with Crippen LogP contribution in [0, 0.1) is 0 Å². The third-order valence-corrected chi connectivity index (χ3v) is 8.18. The number of nitrogens with zero attached hydrogens (tertiary/aromatic N) is 3. The number of carboxylic acid groups (broad SMARTS) is 1. The molecule has 5 rings (SSSR count). The Morgan fingerprint density at radius 1 is 0.826 bits per heavy atom. The minimum absolute atomic E-state index is 0.0946.